The molecule has 0 aliphatic heterocycles. The van der Waals surface area contributed by atoms with Crippen LogP contribution >= 0.6 is 0 Å². The van der Waals surface area contributed by atoms with Crippen LogP contribution in [-0.4, -0.2) is 29.9 Å². The maximum atomic E-state index is 14.5. The summed E-state index contributed by atoms with van der Waals surface area (Å²) >= 11 is 0. The minimum absolute atomic E-state index is 0.0455. The Balaban J connectivity index is 1.56. The van der Waals surface area contributed by atoms with Gasteiger partial charge in [-0.2, -0.15) is 0 Å². The van der Waals surface area contributed by atoms with Gasteiger partial charge in [0.05, 0.1) is 13.5 Å². The molecule has 0 bridgehead atoms. The summed E-state index contributed by atoms with van der Waals surface area (Å²) in [6.45, 7) is 0. The van der Waals surface area contributed by atoms with Crippen LogP contribution < -0.4 is 15.0 Å². The lowest BCUT2D eigenvalue weighted by molar-refractivity contribution is -0.127. The average Bonchev–Trinajstić information content (AvgIpc) is 3.34. The number of hydrogen-bond donors (Lipinski definition) is 2. The molecule has 196 valence electrons. The number of amides is 2. The van der Waals surface area contributed by atoms with Gasteiger partial charge in [-0.3, -0.25) is 14.5 Å². The molecule has 1 aromatic heterocycles. The Labute approximate surface area is 221 Å². The number of halogens is 1. The van der Waals surface area contributed by atoms with E-state index in [-0.39, 0.29) is 24.3 Å². The van der Waals surface area contributed by atoms with E-state index in [1.165, 1.54) is 17.0 Å². The monoisotopic (exact) mass is 513 g/mol. The maximum Gasteiger partial charge on any atom is 0.248 e. The summed E-state index contributed by atoms with van der Waals surface area (Å²) in [6.07, 6.45) is 6.96. The van der Waals surface area contributed by atoms with Gasteiger partial charge >= 0.3 is 0 Å². The Hall–Kier alpha value is -4.13. The van der Waals surface area contributed by atoms with Gasteiger partial charge in [0, 0.05) is 28.8 Å². The lowest BCUT2D eigenvalue weighted by Crippen LogP contribution is -2.47. The average molecular weight is 514 g/mol. The van der Waals surface area contributed by atoms with Crippen molar-refractivity contribution >= 4 is 28.4 Å². The molecule has 1 aliphatic carbocycles. The van der Waals surface area contributed by atoms with Crippen LogP contribution in [0.2, 0.25) is 0 Å². The molecule has 1 fully saturated rings. The Morgan fingerprint density at radius 2 is 1.79 bits per heavy atom. The first-order valence-corrected chi connectivity index (χ1v) is 13.1. The van der Waals surface area contributed by atoms with E-state index in [9.17, 15) is 14.0 Å². The highest BCUT2D eigenvalue weighted by molar-refractivity contribution is 6.03. The number of anilines is 1. The van der Waals surface area contributed by atoms with Gasteiger partial charge < -0.3 is 15.0 Å². The van der Waals surface area contributed by atoms with Crippen molar-refractivity contribution in [2.75, 3.05) is 12.0 Å². The number of para-hydroxylation sites is 1. The van der Waals surface area contributed by atoms with Gasteiger partial charge in [-0.25, -0.2) is 4.39 Å². The highest BCUT2D eigenvalue weighted by atomic mass is 19.1. The molecule has 0 spiro atoms. The van der Waals surface area contributed by atoms with Crippen LogP contribution in [0.3, 0.4) is 0 Å². The fraction of sp³-hybridized carbons (Fsp3) is 0.290. The number of nitrogens with zero attached hydrogens (tertiary/aromatic N) is 1. The lowest BCUT2D eigenvalue weighted by atomic mass is 9.94. The van der Waals surface area contributed by atoms with E-state index in [4.69, 9.17) is 4.74 Å². The van der Waals surface area contributed by atoms with Crippen LogP contribution in [0.15, 0.2) is 79.0 Å². The number of methoxy groups -OCH3 is 1. The zero-order chi connectivity index (χ0) is 26.5. The van der Waals surface area contributed by atoms with Gasteiger partial charge in [0.15, 0.2) is 0 Å². The highest BCUT2D eigenvalue weighted by Gasteiger charge is 2.34. The molecule has 1 atom stereocenters. The fourth-order valence-electron chi connectivity index (χ4n) is 5.32. The first-order valence-electron chi connectivity index (χ1n) is 13.1. The predicted molar refractivity (Wildman–Crippen MR) is 147 cm³/mol. The molecule has 0 saturated heterocycles. The number of nitrogens with one attached hydrogen (secondary N) is 2. The van der Waals surface area contributed by atoms with Crippen molar-refractivity contribution in [1.82, 2.24) is 10.3 Å². The summed E-state index contributed by atoms with van der Waals surface area (Å²) in [7, 11) is 1.58. The number of rotatable bonds is 8. The zero-order valence-corrected chi connectivity index (χ0v) is 21.5. The quantitative estimate of drug-likeness (QED) is 0.300. The van der Waals surface area contributed by atoms with Crippen molar-refractivity contribution in [3.05, 3.63) is 95.9 Å². The van der Waals surface area contributed by atoms with E-state index in [1.54, 1.807) is 43.5 Å². The van der Waals surface area contributed by atoms with E-state index in [0.717, 1.165) is 48.6 Å². The Kier molecular flexibility index (Phi) is 7.73. The molecule has 0 radical (unpaired) electrons. The standard InChI is InChI=1S/C31H32FN3O3/c1-38-26-16-14-21(15-17-26)30(31(37)34-24-9-3-2-4-10-24)35(25-11-7-8-23(32)19-25)29(36)18-22-20-33-28-13-6-5-12-27(22)28/h5-8,11-17,19-20,24,30,33H,2-4,9-10,18H2,1H3,(H,34,37)/t30-/m0/s1. The number of aromatic amines is 1. The van der Waals surface area contributed by atoms with Gasteiger partial charge in [-0.1, -0.05) is 55.7 Å². The van der Waals surface area contributed by atoms with Crippen LogP contribution in [0, 0.1) is 5.82 Å². The summed E-state index contributed by atoms with van der Waals surface area (Å²) < 4.78 is 19.8. The van der Waals surface area contributed by atoms with Crippen LogP contribution in [0.1, 0.15) is 49.3 Å². The van der Waals surface area contributed by atoms with Gasteiger partial charge in [0.1, 0.15) is 17.6 Å². The van der Waals surface area contributed by atoms with E-state index in [2.05, 4.69) is 10.3 Å². The molecule has 3 aromatic carbocycles. The number of ether oxygens (including phenoxy) is 1. The highest BCUT2D eigenvalue weighted by Crippen LogP contribution is 2.32. The molecule has 2 amide bonds. The molecule has 0 unspecified atom stereocenters. The molecule has 1 heterocycles. The molecular formula is C31H32FN3O3. The third kappa shape index (κ3) is 5.57. The summed E-state index contributed by atoms with van der Waals surface area (Å²) in [6, 6.07) is 19.8. The number of benzene rings is 3. The number of carbonyl (C=O) groups excluding carboxylic acids is 2. The van der Waals surface area contributed by atoms with E-state index in [0.29, 0.717) is 17.0 Å². The van der Waals surface area contributed by atoms with Crippen molar-refractivity contribution < 1.29 is 18.7 Å². The van der Waals surface area contributed by atoms with E-state index < -0.39 is 11.9 Å². The summed E-state index contributed by atoms with van der Waals surface area (Å²) in [4.78, 5) is 32.7. The van der Waals surface area contributed by atoms with Crippen molar-refractivity contribution in [3.8, 4) is 5.75 Å². The fourth-order valence-corrected chi connectivity index (χ4v) is 5.32. The number of carbonyl (C=O) groups is 2. The minimum atomic E-state index is -0.984. The van der Waals surface area contributed by atoms with Crippen LogP contribution in [0.25, 0.3) is 10.9 Å². The van der Waals surface area contributed by atoms with Crippen LogP contribution in [0.5, 0.6) is 5.75 Å². The van der Waals surface area contributed by atoms with Gasteiger partial charge in [0.25, 0.3) is 0 Å². The third-order valence-corrected chi connectivity index (χ3v) is 7.26. The van der Waals surface area contributed by atoms with Gasteiger partial charge in [-0.05, 0) is 60.4 Å². The molecule has 1 saturated carbocycles. The van der Waals surface area contributed by atoms with Crippen LogP contribution in [-0.2, 0) is 16.0 Å². The summed E-state index contributed by atoms with van der Waals surface area (Å²) in [5.41, 5.74) is 2.69. The van der Waals surface area contributed by atoms with Crippen molar-refractivity contribution in [1.29, 1.82) is 0 Å². The summed E-state index contributed by atoms with van der Waals surface area (Å²) in [5, 5.41) is 4.13. The SMILES string of the molecule is COc1ccc([C@@H](C(=O)NC2CCCCC2)N(C(=O)Cc2c[nH]c3ccccc23)c2cccc(F)c2)cc1. The van der Waals surface area contributed by atoms with Crippen molar-refractivity contribution in [3.63, 3.8) is 0 Å². The topological polar surface area (TPSA) is 74.4 Å². The third-order valence-electron chi connectivity index (χ3n) is 7.26. The van der Waals surface area contributed by atoms with Crippen LogP contribution in [0.4, 0.5) is 10.1 Å². The maximum absolute atomic E-state index is 14.5. The lowest BCUT2D eigenvalue weighted by Gasteiger charge is -2.33. The van der Waals surface area contributed by atoms with Gasteiger partial charge in [-0.15, -0.1) is 0 Å². The van der Waals surface area contributed by atoms with E-state index >= 15 is 0 Å². The largest absolute Gasteiger partial charge is 0.497 e. The first kappa shape index (κ1) is 25.5. The predicted octanol–water partition coefficient (Wildman–Crippen LogP) is 6.08. The Morgan fingerprint density at radius 1 is 1.03 bits per heavy atom. The van der Waals surface area contributed by atoms with E-state index in [1.807, 2.05) is 30.5 Å². The Morgan fingerprint density at radius 3 is 2.53 bits per heavy atom. The summed E-state index contributed by atoms with van der Waals surface area (Å²) in [5.74, 6) is -0.422. The number of fused-ring (bicyclic) bond motifs is 1. The second-order valence-corrected chi connectivity index (χ2v) is 9.80. The normalized spacial score (nSPS) is 14.7. The number of aromatic nitrogens is 1. The molecular weight excluding hydrogens is 481 g/mol. The molecule has 2 N–H and O–H groups in total. The molecule has 5 rings (SSSR count). The van der Waals surface area contributed by atoms with Gasteiger partial charge in [0.2, 0.25) is 11.8 Å². The zero-order valence-electron chi connectivity index (χ0n) is 21.5. The van der Waals surface area contributed by atoms with Crippen molar-refractivity contribution in [2.24, 2.45) is 0 Å². The molecule has 7 heteroatoms. The molecule has 1 aliphatic rings. The molecule has 38 heavy (non-hydrogen) atoms. The second kappa shape index (κ2) is 11.5. The Bertz CT molecular complexity index is 1410. The number of hydrogen-bond acceptors (Lipinski definition) is 3. The molecule has 4 aromatic rings. The minimum Gasteiger partial charge on any atom is -0.497 e. The molecule has 6 nitrogen and oxygen atoms in total. The second-order valence-electron chi connectivity index (χ2n) is 9.80. The number of H-pyrrole nitrogens is 1. The first-order chi connectivity index (χ1) is 18.5. The van der Waals surface area contributed by atoms with Crippen molar-refractivity contribution in [2.45, 2.75) is 50.6 Å². The smallest absolute Gasteiger partial charge is 0.248 e.